The Morgan fingerprint density at radius 1 is 1.23 bits per heavy atom. The lowest BCUT2D eigenvalue weighted by molar-refractivity contribution is -0.149. The molecule has 2 saturated heterocycles. The van der Waals surface area contributed by atoms with E-state index in [2.05, 4.69) is 0 Å². The van der Waals surface area contributed by atoms with Crippen LogP contribution in [-0.4, -0.2) is 54.9 Å². The fourth-order valence-corrected chi connectivity index (χ4v) is 3.13. The molecule has 5 nitrogen and oxygen atoms in total. The highest BCUT2D eigenvalue weighted by molar-refractivity contribution is 5.87. The topological polar surface area (TPSA) is 49.9 Å². The van der Waals surface area contributed by atoms with Crippen LogP contribution >= 0.6 is 0 Å². The Bertz CT molecular complexity index is 546. The number of carbonyl (C=O) groups excluding carboxylic acids is 2. The molecule has 2 atom stereocenters. The number of ether oxygens (including phenoxy) is 1. The molecular weight excluding hydrogens is 280 g/mol. The summed E-state index contributed by atoms with van der Waals surface area (Å²) in [6, 6.07) is 9.99. The first-order chi connectivity index (χ1) is 10.6. The molecule has 0 N–H and O–H groups in total. The first kappa shape index (κ1) is 15.0. The van der Waals surface area contributed by atoms with Gasteiger partial charge in [0.1, 0.15) is 6.10 Å². The van der Waals surface area contributed by atoms with Crippen LogP contribution in [0.5, 0.6) is 0 Å². The van der Waals surface area contributed by atoms with Gasteiger partial charge in [0.2, 0.25) is 11.8 Å². The molecule has 2 amide bonds. The van der Waals surface area contributed by atoms with Crippen LogP contribution in [0.1, 0.15) is 24.5 Å². The van der Waals surface area contributed by atoms with E-state index in [0.717, 1.165) is 12.0 Å². The maximum absolute atomic E-state index is 12.7. The van der Waals surface area contributed by atoms with Crippen molar-refractivity contribution in [1.82, 2.24) is 9.80 Å². The third kappa shape index (κ3) is 3.14. The summed E-state index contributed by atoms with van der Waals surface area (Å²) in [6.45, 7) is 2.40. The summed E-state index contributed by atoms with van der Waals surface area (Å²) in [5.41, 5.74) is 1.10. The van der Waals surface area contributed by atoms with E-state index in [0.29, 0.717) is 32.7 Å². The summed E-state index contributed by atoms with van der Waals surface area (Å²) in [4.78, 5) is 28.1. The van der Waals surface area contributed by atoms with Crippen molar-refractivity contribution < 1.29 is 14.3 Å². The van der Waals surface area contributed by atoms with Crippen LogP contribution in [0, 0.1) is 5.92 Å². The molecule has 1 aromatic carbocycles. The maximum atomic E-state index is 12.7. The van der Waals surface area contributed by atoms with Crippen LogP contribution < -0.4 is 0 Å². The highest BCUT2D eigenvalue weighted by Crippen LogP contribution is 2.25. The van der Waals surface area contributed by atoms with Crippen molar-refractivity contribution in [2.75, 3.05) is 33.3 Å². The third-order valence-electron chi connectivity index (χ3n) is 4.56. The van der Waals surface area contributed by atoms with Gasteiger partial charge in [-0.05, 0) is 12.0 Å². The van der Waals surface area contributed by atoms with Crippen LogP contribution in [-0.2, 0) is 14.3 Å². The second-order valence-electron chi connectivity index (χ2n) is 6.06. The SMILES string of the molecule is CN1CC[C@H](C(=O)N2CCO[C@H](c3ccccc3)C2)CC1=O. The molecule has 2 aliphatic rings. The van der Waals surface area contributed by atoms with Gasteiger partial charge in [-0.2, -0.15) is 0 Å². The van der Waals surface area contributed by atoms with Crippen LogP contribution in [0.2, 0.25) is 0 Å². The van der Waals surface area contributed by atoms with Gasteiger partial charge in [-0.15, -0.1) is 0 Å². The van der Waals surface area contributed by atoms with Gasteiger partial charge in [-0.25, -0.2) is 0 Å². The van der Waals surface area contributed by atoms with Crippen molar-refractivity contribution in [3.63, 3.8) is 0 Å². The standard InChI is InChI=1S/C17H22N2O3/c1-18-8-7-14(11-16(18)20)17(21)19-9-10-22-15(12-19)13-5-3-2-4-6-13/h2-6,14-15H,7-12H2,1H3/t14-,15-/m0/s1. The average molecular weight is 302 g/mol. The number of hydrogen-bond donors (Lipinski definition) is 0. The zero-order valence-electron chi connectivity index (χ0n) is 12.9. The van der Waals surface area contributed by atoms with E-state index in [1.807, 2.05) is 35.2 Å². The van der Waals surface area contributed by atoms with Crippen LogP contribution in [0.3, 0.4) is 0 Å². The molecule has 0 unspecified atom stereocenters. The quantitative estimate of drug-likeness (QED) is 0.831. The van der Waals surface area contributed by atoms with Crippen molar-refractivity contribution >= 4 is 11.8 Å². The average Bonchev–Trinajstić information content (AvgIpc) is 2.57. The minimum atomic E-state index is -0.168. The number of nitrogens with zero attached hydrogens (tertiary/aromatic N) is 2. The van der Waals surface area contributed by atoms with E-state index < -0.39 is 0 Å². The molecule has 118 valence electrons. The van der Waals surface area contributed by atoms with Gasteiger partial charge >= 0.3 is 0 Å². The molecule has 5 heteroatoms. The van der Waals surface area contributed by atoms with E-state index in [4.69, 9.17) is 4.74 Å². The Balaban J connectivity index is 1.64. The molecule has 0 aliphatic carbocycles. The first-order valence-electron chi connectivity index (χ1n) is 7.84. The third-order valence-corrected chi connectivity index (χ3v) is 4.56. The number of carbonyl (C=O) groups is 2. The number of likely N-dealkylation sites (tertiary alicyclic amines) is 1. The van der Waals surface area contributed by atoms with Gasteiger partial charge in [0.25, 0.3) is 0 Å². The minimum absolute atomic E-state index is 0.0671. The Kier molecular flexibility index (Phi) is 4.43. The van der Waals surface area contributed by atoms with Gasteiger partial charge in [0.15, 0.2) is 0 Å². The molecule has 0 spiro atoms. The second kappa shape index (κ2) is 6.48. The summed E-state index contributed by atoms with van der Waals surface area (Å²) in [6.07, 6.45) is 1.03. The van der Waals surface area contributed by atoms with E-state index >= 15 is 0 Å². The lowest BCUT2D eigenvalue weighted by Crippen LogP contribution is -2.48. The lowest BCUT2D eigenvalue weighted by Gasteiger charge is -2.37. The zero-order chi connectivity index (χ0) is 15.5. The Morgan fingerprint density at radius 2 is 2.00 bits per heavy atom. The number of benzene rings is 1. The Morgan fingerprint density at radius 3 is 2.73 bits per heavy atom. The van der Waals surface area contributed by atoms with Crippen molar-refractivity contribution in [3.05, 3.63) is 35.9 Å². The smallest absolute Gasteiger partial charge is 0.226 e. The van der Waals surface area contributed by atoms with Crippen molar-refractivity contribution in [2.45, 2.75) is 18.9 Å². The minimum Gasteiger partial charge on any atom is -0.370 e. The summed E-state index contributed by atoms with van der Waals surface area (Å²) in [5.74, 6) is 0.00127. The fraction of sp³-hybridized carbons (Fsp3) is 0.529. The molecule has 22 heavy (non-hydrogen) atoms. The van der Waals surface area contributed by atoms with Crippen LogP contribution in [0.4, 0.5) is 0 Å². The number of hydrogen-bond acceptors (Lipinski definition) is 3. The number of amides is 2. The van der Waals surface area contributed by atoms with E-state index in [1.165, 1.54) is 0 Å². The summed E-state index contributed by atoms with van der Waals surface area (Å²) >= 11 is 0. The van der Waals surface area contributed by atoms with Gasteiger partial charge in [0, 0.05) is 32.5 Å². The highest BCUT2D eigenvalue weighted by atomic mass is 16.5. The van der Waals surface area contributed by atoms with E-state index in [9.17, 15) is 9.59 Å². The molecule has 3 rings (SSSR count). The predicted molar refractivity (Wildman–Crippen MR) is 82.1 cm³/mol. The number of morpholine rings is 1. The normalized spacial score (nSPS) is 26.1. The fourth-order valence-electron chi connectivity index (χ4n) is 3.13. The molecule has 2 aliphatic heterocycles. The van der Waals surface area contributed by atoms with Crippen molar-refractivity contribution in [2.24, 2.45) is 5.92 Å². The van der Waals surface area contributed by atoms with Crippen LogP contribution in [0.25, 0.3) is 0 Å². The molecule has 0 radical (unpaired) electrons. The molecule has 0 bridgehead atoms. The van der Waals surface area contributed by atoms with Gasteiger partial charge < -0.3 is 14.5 Å². The molecular formula is C17H22N2O3. The largest absolute Gasteiger partial charge is 0.370 e. The molecule has 1 aromatic rings. The van der Waals surface area contributed by atoms with E-state index in [-0.39, 0.29) is 23.8 Å². The Hall–Kier alpha value is -1.88. The Labute approximate surface area is 130 Å². The van der Waals surface area contributed by atoms with Gasteiger partial charge in [0.05, 0.1) is 13.2 Å². The van der Waals surface area contributed by atoms with Gasteiger partial charge in [-0.3, -0.25) is 9.59 Å². The summed E-state index contributed by atoms with van der Waals surface area (Å²) in [7, 11) is 1.79. The van der Waals surface area contributed by atoms with Crippen molar-refractivity contribution in [3.8, 4) is 0 Å². The maximum Gasteiger partial charge on any atom is 0.226 e. The first-order valence-corrected chi connectivity index (χ1v) is 7.84. The molecule has 0 aromatic heterocycles. The van der Waals surface area contributed by atoms with E-state index in [1.54, 1.807) is 11.9 Å². The second-order valence-corrected chi connectivity index (χ2v) is 6.06. The van der Waals surface area contributed by atoms with Gasteiger partial charge in [-0.1, -0.05) is 30.3 Å². The summed E-state index contributed by atoms with van der Waals surface area (Å²) in [5, 5.41) is 0. The number of piperidine rings is 1. The molecule has 0 saturated carbocycles. The van der Waals surface area contributed by atoms with Crippen LogP contribution in [0.15, 0.2) is 30.3 Å². The van der Waals surface area contributed by atoms with Crippen molar-refractivity contribution in [1.29, 1.82) is 0 Å². The zero-order valence-corrected chi connectivity index (χ0v) is 12.9. The molecule has 2 heterocycles. The lowest BCUT2D eigenvalue weighted by atomic mass is 9.94. The summed E-state index contributed by atoms with van der Waals surface area (Å²) < 4.78 is 5.80. The molecule has 2 fully saturated rings. The highest BCUT2D eigenvalue weighted by Gasteiger charge is 2.34. The number of rotatable bonds is 2. The predicted octanol–water partition coefficient (Wildman–Crippen LogP) is 1.45. The monoisotopic (exact) mass is 302 g/mol.